The van der Waals surface area contributed by atoms with Gasteiger partial charge in [-0.25, -0.2) is 0 Å². The molecule has 1 aliphatic rings. The minimum atomic E-state index is -0.243. The molecule has 1 aliphatic heterocycles. The summed E-state index contributed by atoms with van der Waals surface area (Å²) in [4.78, 5) is 30.0. The molecule has 1 fully saturated rings. The topological polar surface area (TPSA) is 52.6 Å². The molecule has 130 valence electrons. The first-order valence-electron chi connectivity index (χ1n) is 8.23. The molecule has 5 nitrogen and oxygen atoms in total. The predicted molar refractivity (Wildman–Crippen MR) is 102 cm³/mol. The molecule has 2 heterocycles. The van der Waals surface area contributed by atoms with Crippen molar-refractivity contribution < 1.29 is 9.59 Å². The van der Waals surface area contributed by atoms with Crippen molar-refractivity contribution in [3.8, 4) is 0 Å². The number of rotatable bonds is 4. The normalized spacial score (nSPS) is 15.5. The maximum atomic E-state index is 12.8. The minimum Gasteiger partial charge on any atom is -0.336 e. The molecule has 0 aliphatic carbocycles. The smallest absolute Gasteiger partial charge is 0.256 e. The highest BCUT2D eigenvalue weighted by Gasteiger charge is 2.22. The van der Waals surface area contributed by atoms with Gasteiger partial charge in [0.1, 0.15) is 0 Å². The third kappa shape index (κ3) is 4.55. The number of nitrogens with one attached hydrogen (secondary N) is 1. The fourth-order valence-corrected chi connectivity index (χ4v) is 3.29. The molecule has 1 saturated heterocycles. The molecule has 25 heavy (non-hydrogen) atoms. The number of hydrogen-bond donors (Lipinski definition) is 1. The van der Waals surface area contributed by atoms with Gasteiger partial charge in [0.15, 0.2) is 0 Å². The average Bonchev–Trinajstić information content (AvgIpc) is 3.14. The number of anilines is 1. The van der Waals surface area contributed by atoms with Crippen molar-refractivity contribution in [2.24, 2.45) is 0 Å². The summed E-state index contributed by atoms with van der Waals surface area (Å²) in [7, 11) is 2.05. The van der Waals surface area contributed by atoms with Crippen molar-refractivity contribution in [3.05, 3.63) is 58.3 Å². The van der Waals surface area contributed by atoms with Gasteiger partial charge in [0.05, 0.1) is 11.3 Å². The van der Waals surface area contributed by atoms with Crippen LogP contribution in [0.4, 0.5) is 5.69 Å². The van der Waals surface area contributed by atoms with E-state index in [2.05, 4.69) is 17.3 Å². The van der Waals surface area contributed by atoms with Crippen LogP contribution in [0.15, 0.2) is 47.9 Å². The molecule has 0 unspecified atom stereocenters. The lowest BCUT2D eigenvalue weighted by atomic mass is 10.1. The number of thiophene rings is 1. The largest absolute Gasteiger partial charge is 0.336 e. The molecule has 0 saturated carbocycles. The molecule has 2 aromatic rings. The Bertz CT molecular complexity index is 763. The van der Waals surface area contributed by atoms with E-state index in [0.29, 0.717) is 24.3 Å². The number of carbonyl (C=O) groups is 2. The van der Waals surface area contributed by atoms with Crippen LogP contribution in [0.1, 0.15) is 15.2 Å². The van der Waals surface area contributed by atoms with Crippen LogP contribution in [0.5, 0.6) is 0 Å². The molecule has 0 bridgehead atoms. The van der Waals surface area contributed by atoms with Crippen molar-refractivity contribution in [3.63, 3.8) is 0 Å². The third-order valence-electron chi connectivity index (χ3n) is 4.15. The minimum absolute atomic E-state index is 0.0359. The molecule has 0 radical (unpaired) electrons. The van der Waals surface area contributed by atoms with Crippen LogP contribution in [-0.2, 0) is 4.79 Å². The number of para-hydroxylation sites is 1. The summed E-state index contributed by atoms with van der Waals surface area (Å²) < 4.78 is 0. The number of benzene rings is 1. The van der Waals surface area contributed by atoms with Gasteiger partial charge in [-0.15, -0.1) is 11.3 Å². The van der Waals surface area contributed by atoms with Gasteiger partial charge >= 0.3 is 0 Å². The van der Waals surface area contributed by atoms with Crippen LogP contribution < -0.4 is 5.32 Å². The van der Waals surface area contributed by atoms with E-state index in [-0.39, 0.29) is 11.8 Å². The van der Waals surface area contributed by atoms with Crippen molar-refractivity contribution >= 4 is 34.9 Å². The molecule has 6 heteroatoms. The van der Waals surface area contributed by atoms with Gasteiger partial charge in [0.25, 0.3) is 5.91 Å². The number of amides is 2. The monoisotopic (exact) mass is 355 g/mol. The molecule has 0 atom stereocenters. The van der Waals surface area contributed by atoms with Gasteiger partial charge in [0.2, 0.25) is 5.91 Å². The number of nitrogens with zero attached hydrogens (tertiary/aromatic N) is 2. The van der Waals surface area contributed by atoms with Gasteiger partial charge in [0, 0.05) is 37.1 Å². The highest BCUT2D eigenvalue weighted by Crippen LogP contribution is 2.19. The molecule has 2 amide bonds. The van der Waals surface area contributed by atoms with E-state index in [9.17, 15) is 9.59 Å². The second-order valence-corrected chi connectivity index (χ2v) is 6.96. The van der Waals surface area contributed by atoms with E-state index < -0.39 is 0 Å². The maximum Gasteiger partial charge on any atom is 0.256 e. The summed E-state index contributed by atoms with van der Waals surface area (Å²) in [5.41, 5.74) is 1.08. The fraction of sp³-hybridized carbons (Fsp3) is 0.263. The van der Waals surface area contributed by atoms with Crippen molar-refractivity contribution in [1.82, 2.24) is 9.80 Å². The Morgan fingerprint density at radius 1 is 1.08 bits per heavy atom. The molecule has 1 N–H and O–H groups in total. The van der Waals surface area contributed by atoms with E-state index in [4.69, 9.17) is 0 Å². The van der Waals surface area contributed by atoms with Crippen molar-refractivity contribution in [2.75, 3.05) is 38.5 Å². The molecular formula is C19H21N3O2S. The Labute approximate surface area is 151 Å². The van der Waals surface area contributed by atoms with Crippen LogP contribution in [0.2, 0.25) is 0 Å². The Morgan fingerprint density at radius 3 is 2.56 bits per heavy atom. The second-order valence-electron chi connectivity index (χ2n) is 5.98. The number of carbonyl (C=O) groups excluding carboxylic acids is 2. The molecule has 1 aromatic heterocycles. The lowest BCUT2D eigenvalue weighted by Gasteiger charge is -2.32. The predicted octanol–water partition coefficient (Wildman–Crippen LogP) is 2.79. The van der Waals surface area contributed by atoms with Crippen LogP contribution in [0.25, 0.3) is 6.08 Å². The van der Waals surface area contributed by atoms with Gasteiger partial charge in [-0.05, 0) is 36.7 Å². The molecule has 3 rings (SSSR count). The van der Waals surface area contributed by atoms with Gasteiger partial charge in [-0.1, -0.05) is 18.2 Å². The van der Waals surface area contributed by atoms with Crippen LogP contribution >= 0.6 is 11.3 Å². The van der Waals surface area contributed by atoms with Gasteiger partial charge in [-0.2, -0.15) is 0 Å². The lowest BCUT2D eigenvalue weighted by molar-refractivity contribution is -0.111. The first-order valence-corrected chi connectivity index (χ1v) is 9.11. The number of hydrogen-bond acceptors (Lipinski definition) is 4. The zero-order valence-corrected chi connectivity index (χ0v) is 15.0. The van der Waals surface area contributed by atoms with Gasteiger partial charge < -0.3 is 15.1 Å². The zero-order valence-electron chi connectivity index (χ0n) is 14.1. The van der Waals surface area contributed by atoms with E-state index in [1.54, 1.807) is 29.5 Å². The quantitative estimate of drug-likeness (QED) is 0.858. The SMILES string of the molecule is CN1CCN(C(=O)c2ccccc2NC(=O)/C=C/c2cccs2)CC1. The van der Waals surface area contributed by atoms with Crippen LogP contribution in [0, 0.1) is 0 Å². The maximum absolute atomic E-state index is 12.8. The van der Waals surface area contributed by atoms with Crippen LogP contribution in [-0.4, -0.2) is 54.8 Å². The van der Waals surface area contributed by atoms with E-state index >= 15 is 0 Å². The second kappa shape index (κ2) is 8.09. The third-order valence-corrected chi connectivity index (χ3v) is 4.99. The van der Waals surface area contributed by atoms with E-state index in [1.165, 1.54) is 6.08 Å². The number of piperazine rings is 1. The first-order chi connectivity index (χ1) is 12.1. The fourth-order valence-electron chi connectivity index (χ4n) is 2.68. The summed E-state index contributed by atoms with van der Waals surface area (Å²) in [6.45, 7) is 3.14. The summed E-state index contributed by atoms with van der Waals surface area (Å²) in [5, 5.41) is 4.78. The molecule has 0 spiro atoms. The Balaban J connectivity index is 1.70. The number of likely N-dealkylation sites (N-methyl/N-ethyl adjacent to an activating group) is 1. The Hall–Kier alpha value is -2.44. The van der Waals surface area contributed by atoms with Crippen molar-refractivity contribution in [2.45, 2.75) is 0 Å². The average molecular weight is 355 g/mol. The van der Waals surface area contributed by atoms with Gasteiger partial charge in [-0.3, -0.25) is 9.59 Å². The summed E-state index contributed by atoms with van der Waals surface area (Å²) in [5.74, 6) is -0.279. The van der Waals surface area contributed by atoms with Crippen molar-refractivity contribution in [1.29, 1.82) is 0 Å². The Kier molecular flexibility index (Phi) is 5.63. The highest BCUT2D eigenvalue weighted by molar-refractivity contribution is 7.10. The molecule has 1 aromatic carbocycles. The summed E-state index contributed by atoms with van der Waals surface area (Å²) >= 11 is 1.57. The highest BCUT2D eigenvalue weighted by atomic mass is 32.1. The van der Waals surface area contributed by atoms with E-state index in [0.717, 1.165) is 18.0 Å². The summed E-state index contributed by atoms with van der Waals surface area (Å²) in [6, 6.07) is 11.0. The Morgan fingerprint density at radius 2 is 1.84 bits per heavy atom. The summed E-state index contributed by atoms with van der Waals surface area (Å²) in [6.07, 6.45) is 3.26. The lowest BCUT2D eigenvalue weighted by Crippen LogP contribution is -2.47. The molecular weight excluding hydrogens is 334 g/mol. The zero-order chi connectivity index (χ0) is 17.6. The van der Waals surface area contributed by atoms with Crippen LogP contribution in [0.3, 0.4) is 0 Å². The standard InChI is InChI=1S/C19H21N3O2S/c1-21-10-12-22(13-11-21)19(24)16-6-2-3-7-17(16)20-18(23)9-8-15-5-4-14-25-15/h2-9,14H,10-13H2,1H3,(H,20,23)/b9-8+. The first kappa shape index (κ1) is 17.4. The van der Waals surface area contributed by atoms with E-state index in [1.807, 2.05) is 34.5 Å².